The van der Waals surface area contributed by atoms with Gasteiger partial charge in [0.15, 0.2) is 0 Å². The van der Waals surface area contributed by atoms with Gasteiger partial charge in [-0.1, -0.05) is 18.2 Å². The fourth-order valence-corrected chi connectivity index (χ4v) is 2.28. The second kappa shape index (κ2) is 3.11. The summed E-state index contributed by atoms with van der Waals surface area (Å²) in [5.41, 5.74) is 2.36. The monoisotopic (exact) mass is 201 g/mol. The summed E-state index contributed by atoms with van der Waals surface area (Å²) >= 11 is 0. The van der Waals surface area contributed by atoms with E-state index in [1.54, 1.807) is 0 Å². The smallest absolute Gasteiger partial charge is 0.141 e. The van der Waals surface area contributed by atoms with Crippen molar-refractivity contribution in [3.63, 3.8) is 0 Å². The number of nitrogens with one attached hydrogen (secondary N) is 1. The van der Waals surface area contributed by atoms with Crippen LogP contribution in [0.5, 0.6) is 5.75 Å². The highest BCUT2D eigenvalue weighted by Crippen LogP contribution is 2.34. The minimum absolute atomic E-state index is 0.0825. The molecule has 0 saturated carbocycles. The lowest BCUT2D eigenvalue weighted by atomic mass is 9.97. The molecule has 1 N–H and O–H groups in total. The van der Waals surface area contributed by atoms with E-state index in [0.717, 1.165) is 25.3 Å². The molecule has 0 aromatic heterocycles. The molecular weight excluding hydrogens is 186 g/mol. The summed E-state index contributed by atoms with van der Waals surface area (Å²) in [6.07, 6.45) is 5.45. The van der Waals surface area contributed by atoms with Crippen molar-refractivity contribution >= 4 is 6.08 Å². The van der Waals surface area contributed by atoms with Crippen molar-refractivity contribution in [2.45, 2.75) is 18.9 Å². The fraction of sp³-hybridized carbons (Fsp3) is 0.385. The van der Waals surface area contributed by atoms with Gasteiger partial charge >= 0.3 is 0 Å². The van der Waals surface area contributed by atoms with E-state index in [9.17, 15) is 0 Å². The summed E-state index contributed by atoms with van der Waals surface area (Å²) in [4.78, 5) is 0. The first-order chi connectivity index (χ1) is 7.27. The molecule has 1 spiro atoms. The van der Waals surface area contributed by atoms with Crippen molar-refractivity contribution in [2.75, 3.05) is 13.1 Å². The van der Waals surface area contributed by atoms with Crippen LogP contribution >= 0.6 is 0 Å². The van der Waals surface area contributed by atoms with Crippen molar-refractivity contribution < 1.29 is 4.74 Å². The number of benzene rings is 1. The van der Waals surface area contributed by atoms with E-state index in [4.69, 9.17) is 4.74 Å². The average Bonchev–Trinajstić information content (AvgIpc) is 2.66. The minimum Gasteiger partial charge on any atom is -0.481 e. The lowest BCUT2D eigenvalue weighted by Gasteiger charge is -2.30. The molecule has 1 aromatic rings. The summed E-state index contributed by atoms with van der Waals surface area (Å²) in [5.74, 6) is 1.03. The van der Waals surface area contributed by atoms with Gasteiger partial charge in [0.1, 0.15) is 11.4 Å². The second-order valence-corrected chi connectivity index (χ2v) is 4.47. The molecule has 2 heteroatoms. The highest BCUT2D eigenvalue weighted by Gasteiger charge is 2.35. The summed E-state index contributed by atoms with van der Waals surface area (Å²) < 4.78 is 6.11. The van der Waals surface area contributed by atoms with E-state index >= 15 is 0 Å². The molecule has 15 heavy (non-hydrogen) atoms. The van der Waals surface area contributed by atoms with E-state index in [-0.39, 0.29) is 5.60 Å². The molecule has 3 rings (SSSR count). The van der Waals surface area contributed by atoms with Gasteiger partial charge in [0.05, 0.1) is 0 Å². The van der Waals surface area contributed by atoms with Crippen molar-refractivity contribution in [3.05, 3.63) is 35.4 Å². The number of aryl methyl sites for hydroxylation is 1. The maximum Gasteiger partial charge on any atom is 0.141 e. The maximum absolute atomic E-state index is 6.11. The van der Waals surface area contributed by atoms with Crippen LogP contribution in [0.1, 0.15) is 17.5 Å². The summed E-state index contributed by atoms with van der Waals surface area (Å²) in [7, 11) is 0. The van der Waals surface area contributed by atoms with Crippen LogP contribution < -0.4 is 10.1 Å². The Morgan fingerprint density at radius 1 is 1.40 bits per heavy atom. The Balaban J connectivity index is 2.01. The van der Waals surface area contributed by atoms with Crippen LogP contribution in [0, 0.1) is 6.92 Å². The first kappa shape index (κ1) is 8.98. The van der Waals surface area contributed by atoms with Crippen LogP contribution in [0.25, 0.3) is 6.08 Å². The van der Waals surface area contributed by atoms with Crippen LogP contribution in [0.3, 0.4) is 0 Å². The van der Waals surface area contributed by atoms with Gasteiger partial charge in [-0.05, 0) is 31.2 Å². The SMILES string of the molecule is Cc1ccc2c(c1)OC1(C=C2)CCNC1. The van der Waals surface area contributed by atoms with E-state index in [1.165, 1.54) is 11.1 Å². The van der Waals surface area contributed by atoms with Gasteiger partial charge in [0.2, 0.25) is 0 Å². The number of hydrogen-bond acceptors (Lipinski definition) is 2. The zero-order valence-corrected chi connectivity index (χ0v) is 8.92. The fourth-order valence-electron chi connectivity index (χ4n) is 2.28. The molecule has 1 unspecified atom stereocenters. The number of ether oxygens (including phenoxy) is 1. The highest BCUT2D eigenvalue weighted by molar-refractivity contribution is 5.62. The van der Waals surface area contributed by atoms with Gasteiger partial charge in [-0.15, -0.1) is 0 Å². The molecule has 2 heterocycles. The maximum atomic E-state index is 6.11. The van der Waals surface area contributed by atoms with Crippen LogP contribution in [0.2, 0.25) is 0 Å². The average molecular weight is 201 g/mol. The van der Waals surface area contributed by atoms with Crippen LogP contribution in [-0.2, 0) is 0 Å². The lowest BCUT2D eigenvalue weighted by Crippen LogP contribution is -2.37. The predicted molar refractivity (Wildman–Crippen MR) is 61.1 cm³/mol. The molecule has 2 aliphatic rings. The number of hydrogen-bond donors (Lipinski definition) is 1. The van der Waals surface area contributed by atoms with Crippen LogP contribution in [0.15, 0.2) is 24.3 Å². The number of rotatable bonds is 0. The van der Waals surface area contributed by atoms with E-state index < -0.39 is 0 Å². The van der Waals surface area contributed by atoms with E-state index in [1.807, 2.05) is 0 Å². The van der Waals surface area contributed by atoms with Crippen LogP contribution in [-0.4, -0.2) is 18.7 Å². The first-order valence-corrected chi connectivity index (χ1v) is 5.47. The van der Waals surface area contributed by atoms with Gasteiger partial charge in [-0.2, -0.15) is 0 Å². The summed E-state index contributed by atoms with van der Waals surface area (Å²) in [6.45, 7) is 4.07. The highest BCUT2D eigenvalue weighted by atomic mass is 16.5. The topological polar surface area (TPSA) is 21.3 Å². The van der Waals surface area contributed by atoms with E-state index in [2.05, 4.69) is 42.6 Å². The van der Waals surface area contributed by atoms with Crippen molar-refractivity contribution in [1.82, 2.24) is 5.32 Å². The van der Waals surface area contributed by atoms with Gasteiger partial charge in [0.25, 0.3) is 0 Å². The third-order valence-electron chi connectivity index (χ3n) is 3.20. The van der Waals surface area contributed by atoms with Gasteiger partial charge < -0.3 is 10.1 Å². The normalized spacial score (nSPS) is 27.8. The zero-order chi connectivity index (χ0) is 10.3. The molecule has 1 saturated heterocycles. The third-order valence-corrected chi connectivity index (χ3v) is 3.20. The van der Waals surface area contributed by atoms with Gasteiger partial charge in [-0.25, -0.2) is 0 Å². The molecular formula is C13H15NO. The lowest BCUT2D eigenvalue weighted by molar-refractivity contribution is 0.139. The first-order valence-electron chi connectivity index (χ1n) is 5.47. The Morgan fingerprint density at radius 2 is 2.33 bits per heavy atom. The van der Waals surface area contributed by atoms with E-state index in [0.29, 0.717) is 0 Å². The largest absolute Gasteiger partial charge is 0.481 e. The molecule has 2 nitrogen and oxygen atoms in total. The molecule has 2 aliphatic heterocycles. The minimum atomic E-state index is -0.0825. The van der Waals surface area contributed by atoms with Crippen LogP contribution in [0.4, 0.5) is 0 Å². The predicted octanol–water partition coefficient (Wildman–Crippen LogP) is 2.13. The zero-order valence-electron chi connectivity index (χ0n) is 8.92. The Labute approximate surface area is 89.9 Å². The van der Waals surface area contributed by atoms with Crippen molar-refractivity contribution in [3.8, 4) is 5.75 Å². The van der Waals surface area contributed by atoms with Crippen molar-refractivity contribution in [2.24, 2.45) is 0 Å². The van der Waals surface area contributed by atoms with Gasteiger partial charge in [0, 0.05) is 18.5 Å². The Hall–Kier alpha value is -1.28. The Morgan fingerprint density at radius 3 is 3.13 bits per heavy atom. The molecule has 1 atom stereocenters. The molecule has 1 fully saturated rings. The van der Waals surface area contributed by atoms with Gasteiger partial charge in [-0.3, -0.25) is 0 Å². The summed E-state index contributed by atoms with van der Waals surface area (Å²) in [6, 6.07) is 6.37. The molecule has 78 valence electrons. The molecule has 0 aliphatic carbocycles. The molecule has 0 amide bonds. The standard InChI is InChI=1S/C13H15NO/c1-10-2-3-11-4-5-13(6-7-14-9-13)15-12(11)8-10/h2-5,8,14H,6-7,9H2,1H3. The Kier molecular flexibility index (Phi) is 1.86. The Bertz CT molecular complexity index is 417. The third kappa shape index (κ3) is 1.45. The summed E-state index contributed by atoms with van der Waals surface area (Å²) in [5, 5.41) is 3.35. The number of fused-ring (bicyclic) bond motifs is 1. The molecule has 1 aromatic carbocycles. The molecule has 0 bridgehead atoms. The quantitative estimate of drug-likeness (QED) is 0.694. The second-order valence-electron chi connectivity index (χ2n) is 4.47. The molecule has 0 radical (unpaired) electrons. The van der Waals surface area contributed by atoms with Crippen molar-refractivity contribution in [1.29, 1.82) is 0 Å².